The fraction of sp³-hybridized carbons (Fsp3) is 0.286. The van der Waals surface area contributed by atoms with Crippen LogP contribution in [0.3, 0.4) is 0 Å². The van der Waals surface area contributed by atoms with Gasteiger partial charge in [-0.05, 0) is 55.5 Å². The number of benzene rings is 2. The molecule has 3 aromatic rings. The molecule has 7 nitrogen and oxygen atoms in total. The molecule has 1 atom stereocenters. The van der Waals surface area contributed by atoms with E-state index < -0.39 is 6.10 Å². The summed E-state index contributed by atoms with van der Waals surface area (Å²) in [7, 11) is 3.52. The van der Waals surface area contributed by atoms with Crippen molar-refractivity contribution in [1.82, 2.24) is 14.8 Å². The Morgan fingerprint density at radius 3 is 2.38 bits per heavy atom. The second kappa shape index (κ2) is 9.58. The van der Waals surface area contributed by atoms with E-state index in [0.717, 1.165) is 17.1 Å². The van der Waals surface area contributed by atoms with E-state index in [9.17, 15) is 9.90 Å². The maximum absolute atomic E-state index is 11.3. The van der Waals surface area contributed by atoms with Crippen molar-refractivity contribution < 1.29 is 19.4 Å². The summed E-state index contributed by atoms with van der Waals surface area (Å²) in [4.78, 5) is 11.3. The maximum atomic E-state index is 11.3. The molecule has 1 aromatic heterocycles. The van der Waals surface area contributed by atoms with Gasteiger partial charge in [0.2, 0.25) is 0 Å². The molecule has 0 aliphatic heterocycles. The Morgan fingerprint density at radius 2 is 1.76 bits per heavy atom. The molecule has 0 unspecified atom stereocenters. The Kier molecular flexibility index (Phi) is 6.90. The Morgan fingerprint density at radius 1 is 1.10 bits per heavy atom. The first-order chi connectivity index (χ1) is 14.0. The van der Waals surface area contributed by atoms with E-state index in [1.807, 2.05) is 35.9 Å². The molecule has 0 bridgehead atoms. The van der Waals surface area contributed by atoms with Gasteiger partial charge in [-0.1, -0.05) is 11.8 Å². The van der Waals surface area contributed by atoms with Crippen molar-refractivity contribution in [3.05, 3.63) is 54.1 Å². The number of aliphatic hydroxyl groups excluding tert-OH is 1. The van der Waals surface area contributed by atoms with Crippen LogP contribution in [-0.2, 0) is 7.05 Å². The molecule has 0 aliphatic carbocycles. The molecular formula is C21H23N3O4S. The normalized spacial score (nSPS) is 11.9. The fourth-order valence-corrected chi connectivity index (χ4v) is 3.45. The van der Waals surface area contributed by atoms with Gasteiger partial charge in [-0.2, -0.15) is 0 Å². The zero-order valence-electron chi connectivity index (χ0n) is 16.5. The van der Waals surface area contributed by atoms with Crippen LogP contribution in [-0.4, -0.2) is 51.2 Å². The van der Waals surface area contributed by atoms with Crippen molar-refractivity contribution in [3.8, 4) is 22.9 Å². The average Bonchev–Trinajstić information content (AvgIpc) is 3.11. The number of hydrogen-bond acceptors (Lipinski definition) is 7. The Bertz CT molecular complexity index is 955. The van der Waals surface area contributed by atoms with E-state index in [-0.39, 0.29) is 12.4 Å². The molecule has 0 radical (unpaired) electrons. The number of carbonyl (C=O) groups is 1. The van der Waals surface area contributed by atoms with Crippen molar-refractivity contribution in [2.45, 2.75) is 18.2 Å². The van der Waals surface area contributed by atoms with Gasteiger partial charge in [0.05, 0.1) is 13.2 Å². The third kappa shape index (κ3) is 5.36. The number of aliphatic hydroxyl groups is 1. The molecule has 2 aromatic carbocycles. The first-order valence-corrected chi connectivity index (χ1v) is 10.0. The standard InChI is InChI=1S/C21H23N3O4S/c1-14(25)15-4-10-19(11-5-15)28-12-17(26)13-29-21-23-22-20(24(21)2)16-6-8-18(27-3)9-7-16/h4-11,17,26H,12-13H2,1-3H3/t17-/m1/s1. The lowest BCUT2D eigenvalue weighted by Gasteiger charge is -2.12. The summed E-state index contributed by atoms with van der Waals surface area (Å²) in [5, 5.41) is 19.4. The average molecular weight is 413 g/mol. The molecule has 0 fully saturated rings. The van der Waals surface area contributed by atoms with Crippen molar-refractivity contribution in [2.75, 3.05) is 19.5 Å². The minimum atomic E-state index is -0.673. The third-order valence-corrected chi connectivity index (χ3v) is 5.46. The molecule has 0 saturated carbocycles. The lowest BCUT2D eigenvalue weighted by atomic mass is 10.1. The maximum Gasteiger partial charge on any atom is 0.191 e. The predicted octanol–water partition coefficient (Wildman–Crippen LogP) is 3.23. The van der Waals surface area contributed by atoms with Crippen LogP contribution in [0.4, 0.5) is 0 Å². The SMILES string of the molecule is COc1ccc(-c2nnc(SC[C@H](O)COc3ccc(C(C)=O)cc3)n2C)cc1. The predicted molar refractivity (Wildman–Crippen MR) is 112 cm³/mol. The Labute approximate surface area is 173 Å². The first-order valence-electron chi connectivity index (χ1n) is 9.06. The number of ether oxygens (including phenoxy) is 2. The number of thioether (sulfide) groups is 1. The minimum Gasteiger partial charge on any atom is -0.497 e. The lowest BCUT2D eigenvalue weighted by Crippen LogP contribution is -2.20. The second-order valence-electron chi connectivity index (χ2n) is 6.45. The first kappa shape index (κ1) is 20.9. The van der Waals surface area contributed by atoms with Crippen LogP contribution in [0, 0.1) is 0 Å². The number of hydrogen-bond donors (Lipinski definition) is 1. The van der Waals surface area contributed by atoms with Gasteiger partial charge < -0.3 is 19.1 Å². The summed E-state index contributed by atoms with van der Waals surface area (Å²) in [5.74, 6) is 2.56. The fourth-order valence-electron chi connectivity index (χ4n) is 2.63. The van der Waals surface area contributed by atoms with Crippen LogP contribution in [0.1, 0.15) is 17.3 Å². The van der Waals surface area contributed by atoms with Crippen LogP contribution in [0.25, 0.3) is 11.4 Å². The quantitative estimate of drug-likeness (QED) is 0.426. The minimum absolute atomic E-state index is 0.00525. The van der Waals surface area contributed by atoms with Gasteiger partial charge in [-0.15, -0.1) is 10.2 Å². The molecule has 1 heterocycles. The molecule has 0 saturated heterocycles. The van der Waals surface area contributed by atoms with Crippen molar-refractivity contribution in [1.29, 1.82) is 0 Å². The van der Waals surface area contributed by atoms with Crippen LogP contribution < -0.4 is 9.47 Å². The number of rotatable bonds is 9. The van der Waals surface area contributed by atoms with Gasteiger partial charge in [0.15, 0.2) is 16.8 Å². The van der Waals surface area contributed by atoms with E-state index in [1.54, 1.807) is 31.4 Å². The summed E-state index contributed by atoms with van der Waals surface area (Å²) in [6, 6.07) is 14.5. The number of ketones is 1. The Balaban J connectivity index is 1.53. The number of carbonyl (C=O) groups excluding carboxylic acids is 1. The molecule has 0 spiro atoms. The van der Waals surface area contributed by atoms with Crippen LogP contribution in [0.5, 0.6) is 11.5 Å². The van der Waals surface area contributed by atoms with Gasteiger partial charge in [0.25, 0.3) is 0 Å². The van der Waals surface area contributed by atoms with E-state index in [1.165, 1.54) is 18.7 Å². The summed E-state index contributed by atoms with van der Waals surface area (Å²) in [6.07, 6.45) is -0.673. The summed E-state index contributed by atoms with van der Waals surface area (Å²) in [5.41, 5.74) is 1.56. The Hall–Kier alpha value is -2.84. The number of methoxy groups -OCH3 is 1. The summed E-state index contributed by atoms with van der Waals surface area (Å²) >= 11 is 1.41. The highest BCUT2D eigenvalue weighted by atomic mass is 32.2. The topological polar surface area (TPSA) is 86.5 Å². The van der Waals surface area contributed by atoms with Gasteiger partial charge >= 0.3 is 0 Å². The molecule has 8 heteroatoms. The largest absolute Gasteiger partial charge is 0.497 e. The molecule has 3 rings (SSSR count). The van der Waals surface area contributed by atoms with Gasteiger partial charge in [-0.3, -0.25) is 4.79 Å². The molecular weight excluding hydrogens is 390 g/mol. The zero-order valence-corrected chi connectivity index (χ0v) is 17.3. The van der Waals surface area contributed by atoms with Gasteiger partial charge in [0.1, 0.15) is 18.1 Å². The number of nitrogens with zero attached hydrogens (tertiary/aromatic N) is 3. The third-order valence-electron chi connectivity index (χ3n) is 4.29. The highest BCUT2D eigenvalue weighted by Crippen LogP contribution is 2.25. The number of aromatic nitrogens is 3. The van der Waals surface area contributed by atoms with Gasteiger partial charge in [-0.25, -0.2) is 0 Å². The van der Waals surface area contributed by atoms with E-state index in [4.69, 9.17) is 9.47 Å². The monoisotopic (exact) mass is 413 g/mol. The summed E-state index contributed by atoms with van der Waals surface area (Å²) in [6.45, 7) is 1.67. The molecule has 152 valence electrons. The molecule has 0 aliphatic rings. The zero-order chi connectivity index (χ0) is 20.8. The van der Waals surface area contributed by atoms with Crippen molar-refractivity contribution in [3.63, 3.8) is 0 Å². The van der Waals surface area contributed by atoms with E-state index >= 15 is 0 Å². The van der Waals surface area contributed by atoms with Crippen LogP contribution in [0.2, 0.25) is 0 Å². The van der Waals surface area contributed by atoms with Crippen LogP contribution >= 0.6 is 11.8 Å². The van der Waals surface area contributed by atoms with Crippen molar-refractivity contribution >= 4 is 17.5 Å². The lowest BCUT2D eigenvalue weighted by molar-refractivity contribution is 0.101. The second-order valence-corrected chi connectivity index (χ2v) is 7.44. The van der Waals surface area contributed by atoms with Crippen LogP contribution in [0.15, 0.2) is 53.7 Å². The van der Waals surface area contributed by atoms with Crippen molar-refractivity contribution in [2.24, 2.45) is 7.05 Å². The molecule has 1 N–H and O–H groups in total. The molecule has 0 amide bonds. The highest BCUT2D eigenvalue weighted by Gasteiger charge is 2.14. The smallest absolute Gasteiger partial charge is 0.191 e. The summed E-state index contributed by atoms with van der Waals surface area (Å²) < 4.78 is 12.7. The van der Waals surface area contributed by atoms with E-state index in [0.29, 0.717) is 22.2 Å². The van der Waals surface area contributed by atoms with Gasteiger partial charge in [0, 0.05) is 23.9 Å². The number of Topliss-reactive ketones (excluding diaryl/α,β-unsaturated/α-hetero) is 1. The van der Waals surface area contributed by atoms with E-state index in [2.05, 4.69) is 10.2 Å². The molecule has 29 heavy (non-hydrogen) atoms. The highest BCUT2D eigenvalue weighted by molar-refractivity contribution is 7.99.